The van der Waals surface area contributed by atoms with Crippen LogP contribution in [0.25, 0.3) is 0 Å². The molecule has 1 aromatic carbocycles. The molecule has 0 heterocycles. The Bertz CT molecular complexity index is 513. The Hall–Kier alpha value is -2.11. The third kappa shape index (κ3) is 3.69. The summed E-state index contributed by atoms with van der Waals surface area (Å²) < 4.78 is 17.8. The molecule has 1 aliphatic rings. The van der Waals surface area contributed by atoms with Crippen molar-refractivity contribution in [2.75, 3.05) is 12.3 Å². The van der Waals surface area contributed by atoms with Gasteiger partial charge in [0.05, 0.1) is 11.3 Å². The molecule has 0 spiro atoms. The lowest BCUT2D eigenvalue weighted by Crippen LogP contribution is -2.35. The summed E-state index contributed by atoms with van der Waals surface area (Å²) in [6, 6.07) is 3.72. The van der Waals surface area contributed by atoms with Crippen molar-refractivity contribution in [1.82, 2.24) is 5.32 Å². The van der Waals surface area contributed by atoms with E-state index in [1.54, 1.807) is 0 Å². The van der Waals surface area contributed by atoms with E-state index >= 15 is 0 Å². The van der Waals surface area contributed by atoms with Crippen LogP contribution in [0.4, 0.5) is 10.1 Å². The summed E-state index contributed by atoms with van der Waals surface area (Å²) in [7, 11) is 0. The van der Waals surface area contributed by atoms with Crippen LogP contribution in [-0.2, 0) is 9.53 Å². The largest absolute Gasteiger partial charge is 0.452 e. The standard InChI is InChI=1S/C14H17FN2O3/c15-11-6-5-9(7-12(11)16)14(19)20-8-13(18)17-10-3-1-2-4-10/h5-7,10H,1-4,8,16H2,(H,17,18). The number of benzene rings is 1. The predicted octanol–water partition coefficient (Wildman–Crippen LogP) is 1.62. The van der Waals surface area contributed by atoms with Gasteiger partial charge in [-0.05, 0) is 31.0 Å². The molecule has 0 aromatic heterocycles. The second kappa shape index (κ2) is 6.36. The summed E-state index contributed by atoms with van der Waals surface area (Å²) in [6.45, 7) is -0.341. The lowest BCUT2D eigenvalue weighted by atomic mass is 10.2. The fourth-order valence-electron chi connectivity index (χ4n) is 2.22. The molecule has 1 saturated carbocycles. The van der Waals surface area contributed by atoms with E-state index < -0.39 is 11.8 Å². The molecule has 20 heavy (non-hydrogen) atoms. The molecule has 0 saturated heterocycles. The summed E-state index contributed by atoms with van der Waals surface area (Å²) in [5, 5.41) is 2.81. The summed E-state index contributed by atoms with van der Waals surface area (Å²) >= 11 is 0. The van der Waals surface area contributed by atoms with Gasteiger partial charge in [-0.1, -0.05) is 12.8 Å². The summed E-state index contributed by atoms with van der Waals surface area (Å²) in [6.07, 6.45) is 4.15. The Kier molecular flexibility index (Phi) is 4.55. The van der Waals surface area contributed by atoms with Gasteiger partial charge in [0.2, 0.25) is 0 Å². The number of anilines is 1. The van der Waals surface area contributed by atoms with Crippen molar-refractivity contribution in [3.63, 3.8) is 0 Å². The Morgan fingerprint density at radius 3 is 2.70 bits per heavy atom. The summed E-state index contributed by atoms with van der Waals surface area (Å²) in [4.78, 5) is 23.3. The van der Waals surface area contributed by atoms with Crippen LogP contribution in [0.2, 0.25) is 0 Å². The molecule has 0 unspecified atom stereocenters. The van der Waals surface area contributed by atoms with Crippen LogP contribution in [-0.4, -0.2) is 24.5 Å². The van der Waals surface area contributed by atoms with Crippen molar-refractivity contribution >= 4 is 17.6 Å². The Morgan fingerprint density at radius 2 is 2.05 bits per heavy atom. The minimum Gasteiger partial charge on any atom is -0.452 e. The highest BCUT2D eigenvalue weighted by Gasteiger charge is 2.18. The molecular formula is C14H17FN2O3. The average Bonchev–Trinajstić information content (AvgIpc) is 2.92. The van der Waals surface area contributed by atoms with Crippen molar-refractivity contribution in [2.24, 2.45) is 0 Å². The van der Waals surface area contributed by atoms with Gasteiger partial charge >= 0.3 is 5.97 Å². The number of hydrogen-bond acceptors (Lipinski definition) is 4. The maximum absolute atomic E-state index is 13.0. The second-order valence-corrected chi connectivity index (χ2v) is 4.86. The first kappa shape index (κ1) is 14.3. The number of esters is 1. The van der Waals surface area contributed by atoms with Crippen LogP contribution in [0.5, 0.6) is 0 Å². The first-order valence-electron chi connectivity index (χ1n) is 6.58. The number of halogens is 1. The molecular weight excluding hydrogens is 263 g/mol. The first-order chi connectivity index (χ1) is 9.56. The Labute approximate surface area is 116 Å². The van der Waals surface area contributed by atoms with Crippen LogP contribution < -0.4 is 11.1 Å². The highest BCUT2D eigenvalue weighted by atomic mass is 19.1. The lowest BCUT2D eigenvalue weighted by Gasteiger charge is -2.12. The van der Waals surface area contributed by atoms with E-state index in [9.17, 15) is 14.0 Å². The molecule has 5 nitrogen and oxygen atoms in total. The second-order valence-electron chi connectivity index (χ2n) is 4.86. The number of hydrogen-bond donors (Lipinski definition) is 2. The van der Waals surface area contributed by atoms with Gasteiger partial charge in [0.1, 0.15) is 5.82 Å². The summed E-state index contributed by atoms with van der Waals surface area (Å²) in [5.74, 6) is -1.61. The van der Waals surface area contributed by atoms with Crippen molar-refractivity contribution in [3.8, 4) is 0 Å². The zero-order valence-electron chi connectivity index (χ0n) is 11.0. The van der Waals surface area contributed by atoms with Crippen molar-refractivity contribution in [1.29, 1.82) is 0 Å². The van der Waals surface area contributed by atoms with Gasteiger partial charge < -0.3 is 15.8 Å². The van der Waals surface area contributed by atoms with Gasteiger partial charge in [-0.3, -0.25) is 4.79 Å². The number of carbonyl (C=O) groups excluding carboxylic acids is 2. The maximum atomic E-state index is 13.0. The maximum Gasteiger partial charge on any atom is 0.338 e. The normalized spacial score (nSPS) is 15.1. The number of nitrogens with two attached hydrogens (primary N) is 1. The minimum absolute atomic E-state index is 0.123. The van der Waals surface area contributed by atoms with Gasteiger partial charge in [0, 0.05) is 6.04 Å². The lowest BCUT2D eigenvalue weighted by molar-refractivity contribution is -0.124. The Balaban J connectivity index is 1.81. The monoisotopic (exact) mass is 280 g/mol. The van der Waals surface area contributed by atoms with Gasteiger partial charge in [0.15, 0.2) is 6.61 Å². The SMILES string of the molecule is Nc1cc(C(=O)OCC(=O)NC2CCCC2)ccc1F. The number of nitrogens with one attached hydrogen (secondary N) is 1. The van der Waals surface area contributed by atoms with Crippen molar-refractivity contribution in [2.45, 2.75) is 31.7 Å². The van der Waals surface area contributed by atoms with Crippen LogP contribution in [0.3, 0.4) is 0 Å². The van der Waals surface area contributed by atoms with E-state index in [-0.39, 0.29) is 29.8 Å². The quantitative estimate of drug-likeness (QED) is 0.648. The van der Waals surface area contributed by atoms with E-state index in [1.807, 2.05) is 0 Å². The molecule has 108 valence electrons. The molecule has 3 N–H and O–H groups in total. The molecule has 2 rings (SSSR count). The van der Waals surface area contributed by atoms with Crippen molar-refractivity contribution in [3.05, 3.63) is 29.6 Å². The van der Waals surface area contributed by atoms with Crippen LogP contribution in [0.1, 0.15) is 36.0 Å². The van der Waals surface area contributed by atoms with Crippen LogP contribution in [0.15, 0.2) is 18.2 Å². The topological polar surface area (TPSA) is 81.4 Å². The molecule has 0 aliphatic heterocycles. The average molecular weight is 280 g/mol. The van der Waals surface area contributed by atoms with Crippen LogP contribution in [0, 0.1) is 5.82 Å². The van der Waals surface area contributed by atoms with Gasteiger partial charge in [0.25, 0.3) is 5.91 Å². The number of ether oxygens (including phenoxy) is 1. The third-order valence-corrected chi connectivity index (χ3v) is 3.29. The fourth-order valence-corrected chi connectivity index (χ4v) is 2.22. The molecule has 1 aromatic rings. The Morgan fingerprint density at radius 1 is 1.35 bits per heavy atom. The van der Waals surface area contributed by atoms with E-state index in [0.29, 0.717) is 0 Å². The van der Waals surface area contributed by atoms with Gasteiger partial charge in [-0.15, -0.1) is 0 Å². The van der Waals surface area contributed by atoms with E-state index in [2.05, 4.69) is 5.32 Å². The number of amides is 1. The highest BCUT2D eigenvalue weighted by molar-refractivity contribution is 5.92. The van der Waals surface area contributed by atoms with E-state index in [4.69, 9.17) is 10.5 Å². The molecule has 1 amide bonds. The van der Waals surface area contributed by atoms with Gasteiger partial charge in [-0.25, -0.2) is 9.18 Å². The fraction of sp³-hybridized carbons (Fsp3) is 0.429. The zero-order chi connectivity index (χ0) is 14.5. The third-order valence-electron chi connectivity index (χ3n) is 3.29. The highest BCUT2D eigenvalue weighted by Crippen LogP contribution is 2.17. The van der Waals surface area contributed by atoms with Crippen molar-refractivity contribution < 1.29 is 18.7 Å². The minimum atomic E-state index is -0.696. The predicted molar refractivity (Wildman–Crippen MR) is 71.5 cm³/mol. The van der Waals surface area contributed by atoms with E-state index in [1.165, 1.54) is 12.1 Å². The number of rotatable bonds is 4. The molecule has 1 fully saturated rings. The molecule has 0 bridgehead atoms. The molecule has 1 aliphatic carbocycles. The van der Waals surface area contributed by atoms with E-state index in [0.717, 1.165) is 31.7 Å². The summed E-state index contributed by atoms with van der Waals surface area (Å²) in [5.41, 5.74) is 5.35. The first-order valence-corrected chi connectivity index (χ1v) is 6.58. The van der Waals surface area contributed by atoms with Gasteiger partial charge in [-0.2, -0.15) is 0 Å². The number of nitrogen functional groups attached to an aromatic ring is 1. The zero-order valence-corrected chi connectivity index (χ0v) is 11.0. The van der Waals surface area contributed by atoms with Crippen LogP contribution >= 0.6 is 0 Å². The number of carbonyl (C=O) groups is 2. The molecule has 0 atom stereocenters. The molecule has 6 heteroatoms. The molecule has 0 radical (unpaired) electrons. The smallest absolute Gasteiger partial charge is 0.338 e.